The van der Waals surface area contributed by atoms with Crippen molar-refractivity contribution in [2.75, 3.05) is 38.6 Å². The molecule has 0 aromatic carbocycles. The van der Waals surface area contributed by atoms with E-state index in [9.17, 15) is 0 Å². The molecule has 0 aromatic rings. The number of rotatable bonds is 3. The predicted octanol–water partition coefficient (Wildman–Crippen LogP) is 0.0461. The molecule has 2 atom stereocenters. The molecule has 2 heterocycles. The van der Waals surface area contributed by atoms with Gasteiger partial charge >= 0.3 is 0 Å². The van der Waals surface area contributed by atoms with Crippen LogP contribution >= 0.6 is 11.8 Å². The van der Waals surface area contributed by atoms with Crippen molar-refractivity contribution in [3.8, 4) is 0 Å². The summed E-state index contributed by atoms with van der Waals surface area (Å²) in [6.07, 6.45) is 1.17. The number of hydrogen-bond donors (Lipinski definition) is 2. The average molecular weight is 231 g/mol. The van der Waals surface area contributed by atoms with Crippen LogP contribution in [-0.4, -0.2) is 54.4 Å². The van der Waals surface area contributed by atoms with Crippen LogP contribution in [0.25, 0.3) is 0 Å². The van der Waals surface area contributed by atoms with E-state index >= 15 is 0 Å². The number of nitrogens with one attached hydrogen (secondary N) is 1. The first-order valence-electron chi connectivity index (χ1n) is 5.69. The number of thioether (sulfide) groups is 1. The van der Waals surface area contributed by atoms with E-state index in [4.69, 9.17) is 10.5 Å². The van der Waals surface area contributed by atoms with Gasteiger partial charge < -0.3 is 10.5 Å². The molecule has 0 amide bonds. The zero-order valence-corrected chi connectivity index (χ0v) is 10.2. The summed E-state index contributed by atoms with van der Waals surface area (Å²) in [5.74, 6) is 1.22. The van der Waals surface area contributed by atoms with E-state index in [0.29, 0.717) is 5.25 Å². The van der Waals surface area contributed by atoms with Crippen molar-refractivity contribution in [3.63, 3.8) is 0 Å². The summed E-state index contributed by atoms with van der Waals surface area (Å²) in [6, 6.07) is 0. The van der Waals surface area contributed by atoms with Crippen molar-refractivity contribution in [2.45, 2.75) is 24.1 Å². The lowest BCUT2D eigenvalue weighted by Crippen LogP contribution is -2.63. The first kappa shape index (κ1) is 11.7. The minimum atomic E-state index is 0.113. The third-order valence-corrected chi connectivity index (χ3v) is 4.84. The van der Waals surface area contributed by atoms with E-state index in [0.717, 1.165) is 32.8 Å². The summed E-state index contributed by atoms with van der Waals surface area (Å²) in [5, 5.41) is 2.88. The Labute approximate surface area is 95.9 Å². The molecule has 0 spiro atoms. The lowest BCUT2D eigenvalue weighted by molar-refractivity contribution is -0.0109. The van der Waals surface area contributed by atoms with Crippen molar-refractivity contribution in [2.24, 2.45) is 5.73 Å². The van der Waals surface area contributed by atoms with Crippen LogP contribution in [0.15, 0.2) is 0 Å². The molecule has 2 rings (SSSR count). The van der Waals surface area contributed by atoms with E-state index in [1.54, 1.807) is 0 Å². The fourth-order valence-electron chi connectivity index (χ4n) is 2.23. The molecule has 0 bridgehead atoms. The van der Waals surface area contributed by atoms with Gasteiger partial charge in [-0.05, 0) is 12.2 Å². The van der Waals surface area contributed by atoms with Crippen LogP contribution < -0.4 is 11.2 Å². The number of morpholine rings is 1. The number of nitrogens with zero attached hydrogens (tertiary/aromatic N) is 1. The van der Waals surface area contributed by atoms with E-state index in [1.165, 1.54) is 12.2 Å². The average Bonchev–Trinajstić information content (AvgIpc) is 2.62. The van der Waals surface area contributed by atoms with Crippen LogP contribution in [0.1, 0.15) is 13.3 Å². The van der Waals surface area contributed by atoms with Crippen molar-refractivity contribution in [1.82, 2.24) is 10.4 Å². The van der Waals surface area contributed by atoms with Gasteiger partial charge in [-0.1, -0.05) is 6.92 Å². The Bertz CT molecular complexity index is 211. The highest BCUT2D eigenvalue weighted by atomic mass is 32.2. The Balaban J connectivity index is 1.94. The molecule has 88 valence electrons. The quantitative estimate of drug-likeness (QED) is 0.718. The predicted molar refractivity (Wildman–Crippen MR) is 63.9 cm³/mol. The summed E-state index contributed by atoms with van der Waals surface area (Å²) in [6.45, 7) is 6.60. The first-order chi connectivity index (χ1) is 7.27. The van der Waals surface area contributed by atoms with Crippen LogP contribution in [0.3, 0.4) is 0 Å². The molecule has 3 N–H and O–H groups in total. The molecule has 0 radical (unpaired) electrons. The van der Waals surface area contributed by atoms with Gasteiger partial charge in [0, 0.05) is 24.9 Å². The second-order valence-electron chi connectivity index (χ2n) is 4.33. The van der Waals surface area contributed by atoms with Gasteiger partial charge in [0.05, 0.1) is 18.8 Å². The van der Waals surface area contributed by atoms with Gasteiger partial charge in [0.15, 0.2) is 0 Å². The Morgan fingerprint density at radius 2 is 2.27 bits per heavy atom. The molecular weight excluding hydrogens is 210 g/mol. The first-order valence-corrected chi connectivity index (χ1v) is 6.74. The van der Waals surface area contributed by atoms with Crippen molar-refractivity contribution in [1.29, 1.82) is 0 Å². The van der Waals surface area contributed by atoms with Crippen LogP contribution in [0.2, 0.25) is 0 Å². The largest absolute Gasteiger partial charge is 0.379 e. The molecule has 0 aliphatic carbocycles. The fraction of sp³-hybridized carbons (Fsp3) is 1.00. The molecular formula is C10H21N3OS. The molecule has 4 nitrogen and oxygen atoms in total. The maximum atomic E-state index is 5.94. The number of ether oxygens (including phenoxy) is 1. The highest BCUT2D eigenvalue weighted by Gasteiger charge is 2.41. The fourth-order valence-corrected chi connectivity index (χ4v) is 3.65. The van der Waals surface area contributed by atoms with E-state index in [1.807, 2.05) is 11.8 Å². The van der Waals surface area contributed by atoms with E-state index < -0.39 is 0 Å². The molecule has 2 fully saturated rings. The SMILES string of the molecule is CC1SCCC1(CN)NN1CCOCC1. The minimum absolute atomic E-state index is 0.113. The number of hydrogen-bond acceptors (Lipinski definition) is 5. The number of nitrogens with two attached hydrogens (primary N) is 1. The standard InChI is InChI=1S/C10H21N3OS/c1-9-10(8-11,2-7-15-9)12-13-3-5-14-6-4-13/h9,12H,2-8,11H2,1H3. The third kappa shape index (κ3) is 2.47. The lowest BCUT2D eigenvalue weighted by atomic mass is 9.94. The highest BCUT2D eigenvalue weighted by molar-refractivity contribution is 8.00. The van der Waals surface area contributed by atoms with Crippen LogP contribution in [0, 0.1) is 0 Å². The maximum absolute atomic E-state index is 5.94. The molecule has 2 aliphatic rings. The van der Waals surface area contributed by atoms with Gasteiger partial charge in [0.2, 0.25) is 0 Å². The molecule has 0 aromatic heterocycles. The van der Waals surface area contributed by atoms with Gasteiger partial charge in [0.1, 0.15) is 0 Å². The second kappa shape index (κ2) is 5.01. The van der Waals surface area contributed by atoms with Gasteiger partial charge in [-0.15, -0.1) is 0 Å². The van der Waals surface area contributed by atoms with Gasteiger partial charge in [0.25, 0.3) is 0 Å². The number of hydrazine groups is 1. The molecule has 5 heteroatoms. The summed E-state index contributed by atoms with van der Waals surface area (Å²) in [7, 11) is 0. The Morgan fingerprint density at radius 3 is 2.80 bits per heavy atom. The summed E-state index contributed by atoms with van der Waals surface area (Å²) in [5.41, 5.74) is 9.69. The van der Waals surface area contributed by atoms with Gasteiger partial charge in [-0.2, -0.15) is 11.8 Å². The topological polar surface area (TPSA) is 50.5 Å². The lowest BCUT2D eigenvalue weighted by Gasteiger charge is -2.40. The van der Waals surface area contributed by atoms with Crippen LogP contribution in [-0.2, 0) is 4.74 Å². The second-order valence-corrected chi connectivity index (χ2v) is 5.78. The molecule has 0 saturated carbocycles. The Hall–Kier alpha value is 0.190. The smallest absolute Gasteiger partial charge is 0.0608 e. The normalized spacial score (nSPS) is 38.4. The minimum Gasteiger partial charge on any atom is -0.379 e. The highest BCUT2D eigenvalue weighted by Crippen LogP contribution is 2.35. The Kier molecular flexibility index (Phi) is 3.90. The zero-order valence-electron chi connectivity index (χ0n) is 9.37. The summed E-state index contributed by atoms with van der Waals surface area (Å²) >= 11 is 2.02. The monoisotopic (exact) mass is 231 g/mol. The zero-order chi connectivity index (χ0) is 10.7. The van der Waals surface area contributed by atoms with Crippen molar-refractivity contribution in [3.05, 3.63) is 0 Å². The maximum Gasteiger partial charge on any atom is 0.0608 e. The van der Waals surface area contributed by atoms with E-state index in [2.05, 4.69) is 17.4 Å². The van der Waals surface area contributed by atoms with Crippen molar-refractivity contribution >= 4 is 11.8 Å². The molecule has 2 aliphatic heterocycles. The van der Waals surface area contributed by atoms with Gasteiger partial charge in [-0.3, -0.25) is 0 Å². The van der Waals surface area contributed by atoms with Crippen molar-refractivity contribution < 1.29 is 4.74 Å². The van der Waals surface area contributed by atoms with Crippen LogP contribution in [0.4, 0.5) is 0 Å². The van der Waals surface area contributed by atoms with Gasteiger partial charge in [-0.25, -0.2) is 10.4 Å². The summed E-state index contributed by atoms with van der Waals surface area (Å²) < 4.78 is 5.34. The van der Waals surface area contributed by atoms with Crippen LogP contribution in [0.5, 0.6) is 0 Å². The molecule has 2 saturated heterocycles. The molecule has 2 unspecified atom stereocenters. The third-order valence-electron chi connectivity index (χ3n) is 3.45. The Morgan fingerprint density at radius 1 is 1.53 bits per heavy atom. The summed E-state index contributed by atoms with van der Waals surface area (Å²) in [4.78, 5) is 0. The van der Waals surface area contributed by atoms with E-state index in [-0.39, 0.29) is 5.54 Å². The molecule has 15 heavy (non-hydrogen) atoms.